The number of rotatable bonds is 1. The van der Waals surface area contributed by atoms with Crippen LogP contribution in [0.3, 0.4) is 0 Å². The molecule has 0 spiro atoms. The third-order valence-corrected chi connectivity index (χ3v) is 4.61. The van der Waals surface area contributed by atoms with Gasteiger partial charge in [0.15, 0.2) is 5.78 Å². The molecule has 0 radical (unpaired) electrons. The highest BCUT2D eigenvalue weighted by Crippen LogP contribution is 2.58. The highest BCUT2D eigenvalue weighted by atomic mass is 16.6. The van der Waals surface area contributed by atoms with Gasteiger partial charge in [-0.15, -0.1) is 0 Å². The molecule has 2 fully saturated rings. The van der Waals surface area contributed by atoms with Crippen LogP contribution in [0.25, 0.3) is 0 Å². The van der Waals surface area contributed by atoms with E-state index >= 15 is 0 Å². The van der Waals surface area contributed by atoms with Crippen LogP contribution in [0.1, 0.15) is 53.9 Å². The Bertz CT molecular complexity index is 394. The molecule has 1 N–H and O–H groups in total. The van der Waals surface area contributed by atoms with Gasteiger partial charge in [-0.2, -0.15) is 0 Å². The summed E-state index contributed by atoms with van der Waals surface area (Å²) in [5, 5.41) is 2.87. The highest BCUT2D eigenvalue weighted by molar-refractivity contribution is 5.96. The van der Waals surface area contributed by atoms with E-state index in [1.54, 1.807) is 0 Å². The Morgan fingerprint density at radius 1 is 1.39 bits per heavy atom. The lowest BCUT2D eigenvalue weighted by atomic mass is 9.76. The van der Waals surface area contributed by atoms with E-state index in [-0.39, 0.29) is 11.2 Å². The second-order valence-corrected chi connectivity index (χ2v) is 7.12. The molecule has 2 aliphatic rings. The van der Waals surface area contributed by atoms with Gasteiger partial charge in [-0.05, 0) is 44.9 Å². The predicted octanol–water partition coefficient (Wildman–Crippen LogP) is 2.66. The number of Topliss-reactive ketones (excluding diaryl/α,β-unsaturated/α-hetero) is 1. The van der Waals surface area contributed by atoms with E-state index in [0.717, 1.165) is 12.8 Å². The molecule has 4 nitrogen and oxygen atoms in total. The van der Waals surface area contributed by atoms with Crippen molar-refractivity contribution in [1.82, 2.24) is 5.32 Å². The van der Waals surface area contributed by atoms with Crippen molar-refractivity contribution in [2.24, 2.45) is 11.3 Å². The van der Waals surface area contributed by atoms with E-state index in [4.69, 9.17) is 4.74 Å². The van der Waals surface area contributed by atoms with Crippen molar-refractivity contribution in [3.8, 4) is 0 Å². The van der Waals surface area contributed by atoms with Gasteiger partial charge >= 0.3 is 6.09 Å². The number of carbonyl (C=O) groups excluding carboxylic acids is 2. The maximum atomic E-state index is 12.2. The lowest BCUT2D eigenvalue weighted by Gasteiger charge is -2.37. The Labute approximate surface area is 108 Å². The molecule has 1 amide bonds. The smallest absolute Gasteiger partial charge is 0.408 e. The third kappa shape index (κ3) is 1.82. The molecule has 0 unspecified atom stereocenters. The first-order chi connectivity index (χ1) is 8.08. The summed E-state index contributed by atoms with van der Waals surface area (Å²) < 4.78 is 5.28. The van der Waals surface area contributed by atoms with Crippen molar-refractivity contribution in [3.63, 3.8) is 0 Å². The number of ketones is 1. The first-order valence-electron chi connectivity index (χ1n) is 6.63. The van der Waals surface area contributed by atoms with E-state index in [9.17, 15) is 9.59 Å². The van der Waals surface area contributed by atoms with E-state index in [1.165, 1.54) is 0 Å². The molecule has 0 aromatic heterocycles. The summed E-state index contributed by atoms with van der Waals surface area (Å²) in [6.45, 7) is 9.62. The zero-order valence-electron chi connectivity index (χ0n) is 11.9. The van der Waals surface area contributed by atoms with Crippen LogP contribution in [-0.2, 0) is 9.53 Å². The molecule has 2 atom stereocenters. The molecule has 2 aliphatic carbocycles. The van der Waals surface area contributed by atoms with Gasteiger partial charge in [0.05, 0.1) is 0 Å². The lowest BCUT2D eigenvalue weighted by molar-refractivity contribution is -0.125. The van der Waals surface area contributed by atoms with Crippen molar-refractivity contribution < 1.29 is 14.3 Å². The van der Waals surface area contributed by atoms with Crippen molar-refractivity contribution in [2.75, 3.05) is 0 Å². The van der Waals surface area contributed by atoms with Crippen LogP contribution in [-0.4, -0.2) is 23.0 Å². The Balaban J connectivity index is 2.17. The monoisotopic (exact) mass is 253 g/mol. The molecule has 0 aliphatic heterocycles. The topological polar surface area (TPSA) is 55.4 Å². The van der Waals surface area contributed by atoms with Gasteiger partial charge in [-0.25, -0.2) is 4.79 Å². The molecule has 0 aromatic rings. The van der Waals surface area contributed by atoms with Crippen molar-refractivity contribution in [1.29, 1.82) is 0 Å². The average molecular weight is 253 g/mol. The molecular weight excluding hydrogens is 230 g/mol. The number of ether oxygens (including phenoxy) is 1. The number of nitrogens with one attached hydrogen (secondary N) is 1. The molecule has 0 heterocycles. The third-order valence-electron chi connectivity index (χ3n) is 4.61. The van der Waals surface area contributed by atoms with Gasteiger partial charge < -0.3 is 10.1 Å². The van der Waals surface area contributed by atoms with Crippen LogP contribution in [0.5, 0.6) is 0 Å². The first-order valence-corrected chi connectivity index (χ1v) is 6.63. The lowest BCUT2D eigenvalue weighted by Crippen LogP contribution is -2.58. The number of hydrogen-bond acceptors (Lipinski definition) is 3. The maximum absolute atomic E-state index is 12.2. The summed E-state index contributed by atoms with van der Waals surface area (Å²) in [7, 11) is 0. The molecule has 0 saturated heterocycles. The Hall–Kier alpha value is -1.06. The van der Waals surface area contributed by atoms with Gasteiger partial charge in [0, 0.05) is 6.42 Å². The summed E-state index contributed by atoms with van der Waals surface area (Å²) in [6, 6.07) is 0. The molecule has 0 aromatic carbocycles. The van der Waals surface area contributed by atoms with E-state index in [1.807, 2.05) is 20.8 Å². The molecule has 4 heteroatoms. The van der Waals surface area contributed by atoms with Crippen LogP contribution in [0, 0.1) is 11.3 Å². The second kappa shape index (κ2) is 3.72. The summed E-state index contributed by atoms with van der Waals surface area (Å²) in [6.07, 6.45) is 1.85. The minimum Gasteiger partial charge on any atom is -0.444 e. The largest absolute Gasteiger partial charge is 0.444 e. The fourth-order valence-corrected chi connectivity index (χ4v) is 3.45. The summed E-state index contributed by atoms with van der Waals surface area (Å²) >= 11 is 0. The predicted molar refractivity (Wildman–Crippen MR) is 68.2 cm³/mol. The van der Waals surface area contributed by atoms with Crippen LogP contribution in [0.2, 0.25) is 0 Å². The summed E-state index contributed by atoms with van der Waals surface area (Å²) in [4.78, 5) is 24.1. The Kier molecular flexibility index (Phi) is 2.76. The normalized spacial score (nSPS) is 33.6. The van der Waals surface area contributed by atoms with E-state index in [0.29, 0.717) is 12.3 Å². The van der Waals surface area contributed by atoms with Crippen LogP contribution in [0.4, 0.5) is 4.79 Å². The van der Waals surface area contributed by atoms with Crippen LogP contribution < -0.4 is 5.32 Å². The molecule has 102 valence electrons. The van der Waals surface area contributed by atoms with Crippen molar-refractivity contribution in [2.45, 2.75) is 65.0 Å². The molecule has 18 heavy (non-hydrogen) atoms. The Morgan fingerprint density at radius 3 is 2.39 bits per heavy atom. The Morgan fingerprint density at radius 2 is 2.00 bits per heavy atom. The van der Waals surface area contributed by atoms with Gasteiger partial charge in [0.25, 0.3) is 0 Å². The zero-order chi connectivity index (χ0) is 13.8. The molecule has 2 saturated carbocycles. The summed E-state index contributed by atoms with van der Waals surface area (Å²) in [5.41, 5.74) is -1.41. The van der Waals surface area contributed by atoms with Gasteiger partial charge in [-0.1, -0.05) is 13.8 Å². The van der Waals surface area contributed by atoms with Crippen LogP contribution >= 0.6 is 0 Å². The number of alkyl carbamates (subject to hydrolysis) is 1. The molecular formula is C14H23NO3. The zero-order valence-corrected chi connectivity index (χ0v) is 11.9. The highest BCUT2D eigenvalue weighted by Gasteiger charge is 2.65. The number of hydrogen-bond donors (Lipinski definition) is 1. The molecule has 2 rings (SSSR count). The van der Waals surface area contributed by atoms with E-state index < -0.39 is 17.2 Å². The maximum Gasteiger partial charge on any atom is 0.408 e. The first kappa shape index (κ1) is 13.4. The number of carbonyl (C=O) groups is 2. The quantitative estimate of drug-likeness (QED) is 0.781. The van der Waals surface area contributed by atoms with Gasteiger partial charge in [0.1, 0.15) is 11.1 Å². The fraction of sp³-hybridized carbons (Fsp3) is 0.857. The molecule has 2 bridgehead atoms. The standard InChI is InChI=1S/C14H23NO3/c1-12(2,3)18-11(17)15-14-7-6-9(8-10(14)16)13(14,4)5/h9H,6-8H2,1-5H3,(H,15,17)/t9-,14-/m0/s1. The summed E-state index contributed by atoms with van der Waals surface area (Å²) in [5.74, 6) is 0.551. The van der Waals surface area contributed by atoms with Crippen molar-refractivity contribution >= 4 is 11.9 Å². The van der Waals surface area contributed by atoms with E-state index in [2.05, 4.69) is 19.2 Å². The number of fused-ring (bicyclic) bond motifs is 2. The van der Waals surface area contributed by atoms with Crippen molar-refractivity contribution in [3.05, 3.63) is 0 Å². The minimum atomic E-state index is -0.708. The second-order valence-electron chi connectivity index (χ2n) is 7.12. The van der Waals surface area contributed by atoms with Gasteiger partial charge in [-0.3, -0.25) is 4.79 Å². The SMILES string of the molecule is CC(C)(C)OC(=O)N[C@@]12CC[C@@H](CC1=O)C2(C)C. The minimum absolute atomic E-state index is 0.162. The average Bonchev–Trinajstić information content (AvgIpc) is 2.47. The number of amides is 1. The fourth-order valence-electron chi connectivity index (χ4n) is 3.45. The van der Waals surface area contributed by atoms with Gasteiger partial charge in [0.2, 0.25) is 0 Å². The van der Waals surface area contributed by atoms with Crippen LogP contribution in [0.15, 0.2) is 0 Å².